The highest BCUT2D eigenvalue weighted by Crippen LogP contribution is 2.50. The van der Waals surface area contributed by atoms with Crippen molar-refractivity contribution in [3.8, 4) is 0 Å². The van der Waals surface area contributed by atoms with Gasteiger partial charge in [-0.15, -0.1) is 0 Å². The van der Waals surface area contributed by atoms with Crippen molar-refractivity contribution >= 4 is 37.3 Å². The first-order chi connectivity index (χ1) is 19.4. The van der Waals surface area contributed by atoms with E-state index in [-0.39, 0.29) is 0 Å². The molecule has 3 rings (SSSR count). The Bertz CT molecular complexity index is 1180. The van der Waals surface area contributed by atoms with E-state index >= 15 is 0 Å². The van der Waals surface area contributed by atoms with Gasteiger partial charge in [0, 0.05) is 52.9 Å². The number of unbranched alkanes of at least 4 members (excludes halogenated alkanes) is 4. The molecular weight excluding hydrogens is 549 g/mol. The van der Waals surface area contributed by atoms with Crippen molar-refractivity contribution in [3.63, 3.8) is 0 Å². The van der Waals surface area contributed by atoms with Crippen LogP contribution < -0.4 is 15.9 Å². The van der Waals surface area contributed by atoms with Gasteiger partial charge in [0.05, 0.1) is 0 Å². The Hall–Kier alpha value is -1.65. The summed E-state index contributed by atoms with van der Waals surface area (Å²) in [5.41, 5.74) is 0. The Balaban J connectivity index is 1.63. The molecule has 2 atom stereocenters. The van der Waals surface area contributed by atoms with Crippen LogP contribution in [0, 0.1) is 0 Å². The van der Waals surface area contributed by atoms with Crippen LogP contribution in [0.5, 0.6) is 0 Å². The summed E-state index contributed by atoms with van der Waals surface area (Å²) in [6, 6.07) is 29.9. The second-order valence-corrected chi connectivity index (χ2v) is 20.7. The summed E-state index contributed by atoms with van der Waals surface area (Å²) >= 11 is 0. The van der Waals surface area contributed by atoms with Gasteiger partial charge in [-0.25, -0.2) is 0 Å². The van der Waals surface area contributed by atoms with E-state index in [0.29, 0.717) is 24.6 Å². The largest absolute Gasteiger partial charge is 0.319 e. The normalized spacial score (nSPS) is 16.1. The summed E-state index contributed by atoms with van der Waals surface area (Å²) in [5.74, 6) is 0. The van der Waals surface area contributed by atoms with E-state index in [9.17, 15) is 13.7 Å². The van der Waals surface area contributed by atoms with Crippen LogP contribution in [0.25, 0.3) is 0 Å². The summed E-state index contributed by atoms with van der Waals surface area (Å²) < 4.78 is 42.3. The lowest BCUT2D eigenvalue weighted by molar-refractivity contribution is 0.570. The fraction of sp³-hybridized carbons (Fsp3) is 0.471. The molecule has 0 saturated heterocycles. The van der Waals surface area contributed by atoms with Crippen molar-refractivity contribution in [3.05, 3.63) is 91.0 Å². The molecule has 218 valence electrons. The average molecular weight is 599 g/mol. The molecule has 0 radical (unpaired) electrons. The Morgan fingerprint density at radius 1 is 0.375 bits per heavy atom. The van der Waals surface area contributed by atoms with Gasteiger partial charge in [-0.05, 0) is 38.5 Å². The summed E-state index contributed by atoms with van der Waals surface area (Å²) in [4.78, 5) is 0. The van der Waals surface area contributed by atoms with Crippen LogP contribution in [0.4, 0.5) is 0 Å². The number of hydrogen-bond donors (Lipinski definition) is 0. The van der Waals surface area contributed by atoms with Crippen molar-refractivity contribution in [2.24, 2.45) is 0 Å². The molecular formula is C34H49O3P3. The molecule has 0 aromatic heterocycles. The first kappa shape index (κ1) is 32.9. The molecule has 3 aromatic rings. The maximum Gasteiger partial charge on any atom is 0.115 e. The van der Waals surface area contributed by atoms with Crippen LogP contribution in [0.15, 0.2) is 91.0 Å². The second-order valence-electron chi connectivity index (χ2n) is 11.1. The summed E-state index contributed by atoms with van der Waals surface area (Å²) in [6.45, 7) is 4.29. The molecule has 6 heteroatoms. The predicted octanol–water partition coefficient (Wildman–Crippen LogP) is 9.21. The molecule has 3 aromatic carbocycles. The average Bonchev–Trinajstić information content (AvgIpc) is 3.01. The van der Waals surface area contributed by atoms with Crippen molar-refractivity contribution in [1.82, 2.24) is 0 Å². The minimum absolute atomic E-state index is 0.645. The molecule has 0 aliphatic carbocycles. The van der Waals surface area contributed by atoms with Crippen molar-refractivity contribution in [2.75, 3.05) is 37.0 Å². The number of hydrogen-bond acceptors (Lipinski definition) is 3. The van der Waals surface area contributed by atoms with Crippen LogP contribution in [-0.2, 0) is 13.7 Å². The molecule has 0 amide bonds. The Labute approximate surface area is 243 Å². The first-order valence-corrected chi connectivity index (χ1v) is 21.5. The fourth-order valence-corrected chi connectivity index (χ4v) is 14.5. The van der Waals surface area contributed by atoms with Gasteiger partial charge in [0.2, 0.25) is 0 Å². The Kier molecular flexibility index (Phi) is 13.7. The van der Waals surface area contributed by atoms with E-state index in [2.05, 4.69) is 13.8 Å². The van der Waals surface area contributed by atoms with Gasteiger partial charge < -0.3 is 13.7 Å². The lowest BCUT2D eigenvalue weighted by Crippen LogP contribution is -2.14. The lowest BCUT2D eigenvalue weighted by atomic mass is 10.4. The smallest absolute Gasteiger partial charge is 0.115 e. The third-order valence-electron chi connectivity index (χ3n) is 8.00. The summed E-state index contributed by atoms with van der Waals surface area (Å²) in [5, 5.41) is 2.92. The highest BCUT2D eigenvalue weighted by atomic mass is 31.2. The molecule has 0 fully saturated rings. The monoisotopic (exact) mass is 598 g/mol. The van der Waals surface area contributed by atoms with E-state index in [1.54, 1.807) is 0 Å². The molecule has 3 nitrogen and oxygen atoms in total. The molecule has 0 aliphatic heterocycles. The van der Waals surface area contributed by atoms with E-state index < -0.39 is 21.4 Å². The van der Waals surface area contributed by atoms with Gasteiger partial charge in [-0.2, -0.15) is 0 Å². The minimum atomic E-state index is -2.60. The topological polar surface area (TPSA) is 51.2 Å². The maximum absolute atomic E-state index is 14.4. The second kappa shape index (κ2) is 16.7. The third kappa shape index (κ3) is 9.72. The van der Waals surface area contributed by atoms with Crippen LogP contribution in [0.2, 0.25) is 0 Å². The van der Waals surface area contributed by atoms with Gasteiger partial charge in [-0.1, -0.05) is 118 Å². The molecule has 0 aliphatic rings. The standard InChI is InChI=1S/C34H49O3P3/c1-3-5-26-38(35,32-20-10-7-11-21-32)28-16-18-30-40(37,34-24-14-9-15-25-34)31-19-17-29-39(36,27-6-4-2)33-22-12-8-13-23-33/h7-15,20-25H,3-6,16-19,26-31H2,1-2H3. The molecule has 0 saturated carbocycles. The van der Waals surface area contributed by atoms with Gasteiger partial charge in [-0.3, -0.25) is 0 Å². The van der Waals surface area contributed by atoms with Crippen LogP contribution >= 0.6 is 21.4 Å². The van der Waals surface area contributed by atoms with Gasteiger partial charge in [0.25, 0.3) is 0 Å². The SMILES string of the molecule is CCCCP(=O)(CCCCP(=O)(CCCCP(=O)(CCCC)c1ccccc1)c1ccccc1)c1ccccc1. The highest BCUT2D eigenvalue weighted by molar-refractivity contribution is 7.72. The molecule has 0 N–H and O–H groups in total. The van der Waals surface area contributed by atoms with Crippen LogP contribution in [-0.4, -0.2) is 37.0 Å². The van der Waals surface area contributed by atoms with Crippen molar-refractivity contribution in [2.45, 2.75) is 65.2 Å². The van der Waals surface area contributed by atoms with E-state index in [0.717, 1.165) is 79.6 Å². The quantitative estimate of drug-likeness (QED) is 0.102. The lowest BCUT2D eigenvalue weighted by Gasteiger charge is -2.22. The number of rotatable bonds is 19. The minimum Gasteiger partial charge on any atom is -0.319 e. The Morgan fingerprint density at radius 3 is 0.825 bits per heavy atom. The zero-order valence-electron chi connectivity index (χ0n) is 24.6. The van der Waals surface area contributed by atoms with E-state index in [1.165, 1.54) is 0 Å². The Morgan fingerprint density at radius 2 is 0.600 bits per heavy atom. The van der Waals surface area contributed by atoms with Gasteiger partial charge in [0.15, 0.2) is 0 Å². The first-order valence-electron chi connectivity index (χ1n) is 15.3. The molecule has 0 bridgehead atoms. The molecule has 0 heterocycles. The van der Waals surface area contributed by atoms with Crippen LogP contribution in [0.3, 0.4) is 0 Å². The molecule has 40 heavy (non-hydrogen) atoms. The fourth-order valence-electron chi connectivity index (χ4n) is 5.50. The maximum atomic E-state index is 14.4. The molecule has 0 spiro atoms. The van der Waals surface area contributed by atoms with E-state index in [1.807, 2.05) is 91.0 Å². The van der Waals surface area contributed by atoms with Crippen molar-refractivity contribution < 1.29 is 13.7 Å². The summed E-state index contributed by atoms with van der Waals surface area (Å²) in [7, 11) is -7.49. The predicted molar refractivity (Wildman–Crippen MR) is 179 cm³/mol. The van der Waals surface area contributed by atoms with Gasteiger partial charge in [0.1, 0.15) is 21.4 Å². The zero-order valence-corrected chi connectivity index (χ0v) is 27.3. The highest BCUT2D eigenvalue weighted by Gasteiger charge is 2.28. The van der Waals surface area contributed by atoms with Crippen LogP contribution in [0.1, 0.15) is 65.2 Å². The summed E-state index contributed by atoms with van der Waals surface area (Å²) in [6.07, 6.45) is 11.5. The van der Waals surface area contributed by atoms with E-state index in [4.69, 9.17) is 0 Å². The number of benzene rings is 3. The van der Waals surface area contributed by atoms with Gasteiger partial charge >= 0.3 is 0 Å². The third-order valence-corrected chi connectivity index (χ3v) is 18.0. The molecule has 2 unspecified atom stereocenters. The zero-order chi connectivity index (χ0) is 28.7. The van der Waals surface area contributed by atoms with Crippen molar-refractivity contribution in [1.29, 1.82) is 0 Å².